The van der Waals surface area contributed by atoms with Crippen LogP contribution >= 0.6 is 11.3 Å². The first-order chi connectivity index (χ1) is 8.66. The Morgan fingerprint density at radius 1 is 1.67 bits per heavy atom. The largest absolute Gasteiger partial charge is 0.339 e. The number of thiophene rings is 1. The molecule has 4 heteroatoms. The van der Waals surface area contributed by atoms with E-state index in [1.54, 1.807) is 17.4 Å². The molecule has 0 spiro atoms. The lowest BCUT2D eigenvalue weighted by molar-refractivity contribution is -0.127. The summed E-state index contributed by atoms with van der Waals surface area (Å²) in [5.74, 6) is 0.548. The molecule has 0 bridgehead atoms. The molecular formula is C14H20N2OS. The minimum Gasteiger partial charge on any atom is -0.339 e. The summed E-state index contributed by atoms with van der Waals surface area (Å²) in [6, 6.07) is 4.17. The summed E-state index contributed by atoms with van der Waals surface area (Å²) < 4.78 is 0. The van der Waals surface area contributed by atoms with E-state index in [0.717, 1.165) is 30.8 Å². The minimum absolute atomic E-state index is 0.105. The number of nitrogens with two attached hydrogens (primary N) is 1. The van der Waals surface area contributed by atoms with Gasteiger partial charge in [-0.3, -0.25) is 4.79 Å². The summed E-state index contributed by atoms with van der Waals surface area (Å²) in [5.41, 5.74) is 5.93. The molecule has 1 aliphatic heterocycles. The average Bonchev–Trinajstić information content (AvgIpc) is 2.89. The molecule has 2 rings (SSSR count). The van der Waals surface area contributed by atoms with Crippen LogP contribution in [0.25, 0.3) is 6.08 Å². The standard InChI is InChI=1S/C14H20N2OS/c1-11(15)12-4-2-8-16(10-12)14(17)7-6-13-5-3-9-18-13/h3,5-7,9,11-12H,2,4,8,10,15H2,1H3/b7-6+. The zero-order valence-electron chi connectivity index (χ0n) is 10.7. The molecule has 2 heterocycles. The van der Waals surface area contributed by atoms with Crippen molar-refractivity contribution in [2.24, 2.45) is 11.7 Å². The van der Waals surface area contributed by atoms with Gasteiger partial charge in [0.15, 0.2) is 0 Å². The van der Waals surface area contributed by atoms with Gasteiger partial charge >= 0.3 is 0 Å². The highest BCUT2D eigenvalue weighted by atomic mass is 32.1. The highest BCUT2D eigenvalue weighted by molar-refractivity contribution is 7.10. The number of amides is 1. The van der Waals surface area contributed by atoms with Crippen molar-refractivity contribution in [3.8, 4) is 0 Å². The lowest BCUT2D eigenvalue weighted by Crippen LogP contribution is -2.44. The maximum atomic E-state index is 12.1. The average molecular weight is 264 g/mol. The van der Waals surface area contributed by atoms with Gasteiger partial charge in [-0.1, -0.05) is 6.07 Å². The molecule has 0 saturated carbocycles. The van der Waals surface area contributed by atoms with Crippen LogP contribution in [-0.4, -0.2) is 29.9 Å². The van der Waals surface area contributed by atoms with Crippen LogP contribution in [0.15, 0.2) is 23.6 Å². The third-order valence-electron chi connectivity index (χ3n) is 3.45. The van der Waals surface area contributed by atoms with Crippen LogP contribution in [0, 0.1) is 5.92 Å². The summed E-state index contributed by atoms with van der Waals surface area (Å²) in [7, 11) is 0. The number of carbonyl (C=O) groups is 1. The van der Waals surface area contributed by atoms with E-state index in [0.29, 0.717) is 5.92 Å². The van der Waals surface area contributed by atoms with Gasteiger partial charge in [0, 0.05) is 30.1 Å². The molecule has 0 radical (unpaired) electrons. The zero-order valence-corrected chi connectivity index (χ0v) is 11.5. The van der Waals surface area contributed by atoms with Gasteiger partial charge in [-0.15, -0.1) is 11.3 Å². The quantitative estimate of drug-likeness (QED) is 0.852. The van der Waals surface area contributed by atoms with Gasteiger partial charge in [0.2, 0.25) is 5.91 Å². The molecule has 98 valence electrons. The van der Waals surface area contributed by atoms with E-state index in [9.17, 15) is 4.79 Å². The van der Waals surface area contributed by atoms with Gasteiger partial charge in [-0.05, 0) is 43.2 Å². The summed E-state index contributed by atoms with van der Waals surface area (Å²) in [6.45, 7) is 3.68. The van der Waals surface area contributed by atoms with Crippen LogP contribution < -0.4 is 5.73 Å². The highest BCUT2D eigenvalue weighted by Crippen LogP contribution is 2.19. The summed E-state index contributed by atoms with van der Waals surface area (Å²) >= 11 is 1.64. The van der Waals surface area contributed by atoms with Crippen LogP contribution in [0.3, 0.4) is 0 Å². The Hall–Kier alpha value is -1.13. The van der Waals surface area contributed by atoms with Gasteiger partial charge in [0.05, 0.1) is 0 Å². The molecule has 1 aromatic rings. The fraction of sp³-hybridized carbons (Fsp3) is 0.500. The van der Waals surface area contributed by atoms with E-state index in [-0.39, 0.29) is 11.9 Å². The first-order valence-corrected chi connectivity index (χ1v) is 7.31. The molecule has 1 aromatic heterocycles. The molecule has 1 fully saturated rings. The van der Waals surface area contributed by atoms with Crippen LogP contribution in [0.1, 0.15) is 24.6 Å². The van der Waals surface area contributed by atoms with Gasteiger partial charge < -0.3 is 10.6 Å². The van der Waals surface area contributed by atoms with E-state index < -0.39 is 0 Å². The van der Waals surface area contributed by atoms with E-state index >= 15 is 0 Å². The van der Waals surface area contributed by atoms with Gasteiger partial charge in [0.25, 0.3) is 0 Å². The van der Waals surface area contributed by atoms with Crippen LogP contribution in [0.5, 0.6) is 0 Å². The van der Waals surface area contributed by atoms with Crippen LogP contribution in [0.2, 0.25) is 0 Å². The molecule has 18 heavy (non-hydrogen) atoms. The Labute approximate surface area is 112 Å². The lowest BCUT2D eigenvalue weighted by Gasteiger charge is -2.34. The first-order valence-electron chi connectivity index (χ1n) is 6.43. The Bertz CT molecular complexity index is 411. The Morgan fingerprint density at radius 3 is 3.17 bits per heavy atom. The minimum atomic E-state index is 0.105. The number of likely N-dealkylation sites (tertiary alicyclic amines) is 1. The monoisotopic (exact) mass is 264 g/mol. The predicted molar refractivity (Wildman–Crippen MR) is 76.3 cm³/mol. The van der Waals surface area contributed by atoms with Crippen molar-refractivity contribution in [2.45, 2.75) is 25.8 Å². The number of nitrogens with zero attached hydrogens (tertiary/aromatic N) is 1. The van der Waals surface area contributed by atoms with E-state index in [2.05, 4.69) is 0 Å². The second-order valence-corrected chi connectivity index (χ2v) is 5.87. The lowest BCUT2D eigenvalue weighted by atomic mass is 9.92. The second kappa shape index (κ2) is 6.16. The van der Waals surface area contributed by atoms with Gasteiger partial charge in [-0.25, -0.2) is 0 Å². The van der Waals surface area contributed by atoms with Crippen molar-refractivity contribution in [3.63, 3.8) is 0 Å². The van der Waals surface area contributed by atoms with E-state index in [1.165, 1.54) is 0 Å². The fourth-order valence-electron chi connectivity index (χ4n) is 2.28. The number of rotatable bonds is 3. The molecule has 1 aliphatic rings. The maximum absolute atomic E-state index is 12.1. The molecule has 3 nitrogen and oxygen atoms in total. The highest BCUT2D eigenvalue weighted by Gasteiger charge is 2.24. The third-order valence-corrected chi connectivity index (χ3v) is 4.28. The molecule has 1 saturated heterocycles. The zero-order chi connectivity index (χ0) is 13.0. The second-order valence-electron chi connectivity index (χ2n) is 4.89. The molecule has 0 aliphatic carbocycles. The van der Waals surface area contributed by atoms with E-state index in [1.807, 2.05) is 35.4 Å². The Kier molecular flexibility index (Phi) is 4.55. The Morgan fingerprint density at radius 2 is 2.50 bits per heavy atom. The molecular weight excluding hydrogens is 244 g/mol. The van der Waals surface area contributed by atoms with E-state index in [4.69, 9.17) is 5.73 Å². The van der Waals surface area contributed by atoms with Crippen LogP contribution in [0.4, 0.5) is 0 Å². The van der Waals surface area contributed by atoms with Crippen molar-refractivity contribution < 1.29 is 4.79 Å². The third kappa shape index (κ3) is 3.43. The molecule has 2 N–H and O–H groups in total. The number of carbonyl (C=O) groups excluding carboxylic acids is 1. The van der Waals surface area contributed by atoms with Crippen molar-refractivity contribution in [1.29, 1.82) is 0 Å². The van der Waals surface area contributed by atoms with Crippen LogP contribution in [-0.2, 0) is 4.79 Å². The molecule has 0 aromatic carbocycles. The topological polar surface area (TPSA) is 46.3 Å². The normalized spacial score (nSPS) is 22.3. The molecule has 1 amide bonds. The first kappa shape index (κ1) is 13.3. The fourth-order valence-corrected chi connectivity index (χ4v) is 2.90. The van der Waals surface area contributed by atoms with Gasteiger partial charge in [0.1, 0.15) is 0 Å². The molecule has 2 unspecified atom stereocenters. The summed E-state index contributed by atoms with van der Waals surface area (Å²) in [4.78, 5) is 15.1. The van der Waals surface area contributed by atoms with Crippen molar-refractivity contribution >= 4 is 23.3 Å². The summed E-state index contributed by atoms with van der Waals surface area (Å²) in [6.07, 6.45) is 5.76. The molecule has 2 atom stereocenters. The van der Waals surface area contributed by atoms with Crippen molar-refractivity contribution in [2.75, 3.05) is 13.1 Å². The predicted octanol–water partition coefficient (Wildman–Crippen LogP) is 2.35. The SMILES string of the molecule is CC(N)C1CCCN(C(=O)/C=C/c2cccs2)C1. The maximum Gasteiger partial charge on any atom is 0.246 e. The Balaban J connectivity index is 1.92. The number of hydrogen-bond acceptors (Lipinski definition) is 3. The van der Waals surface area contributed by atoms with Crippen molar-refractivity contribution in [1.82, 2.24) is 4.90 Å². The number of piperidine rings is 1. The number of hydrogen-bond donors (Lipinski definition) is 1. The smallest absolute Gasteiger partial charge is 0.246 e. The summed E-state index contributed by atoms with van der Waals surface area (Å²) in [5, 5.41) is 2.01. The van der Waals surface area contributed by atoms with Gasteiger partial charge in [-0.2, -0.15) is 0 Å². The van der Waals surface area contributed by atoms with Crippen molar-refractivity contribution in [3.05, 3.63) is 28.5 Å².